The van der Waals surface area contributed by atoms with Crippen molar-refractivity contribution in [3.05, 3.63) is 28.8 Å². The second kappa shape index (κ2) is 6.08. The topological polar surface area (TPSA) is 90.6 Å². The monoisotopic (exact) mass is 316 g/mol. The first kappa shape index (κ1) is 15.2. The van der Waals surface area contributed by atoms with Crippen LogP contribution >= 0.6 is 11.6 Å². The number of nitrogens with zero attached hydrogens (tertiary/aromatic N) is 2. The van der Waals surface area contributed by atoms with Crippen LogP contribution in [-0.2, 0) is 14.8 Å². The van der Waals surface area contributed by atoms with Crippen molar-refractivity contribution in [2.45, 2.75) is 11.0 Å². The highest BCUT2D eigenvalue weighted by Gasteiger charge is 2.32. The summed E-state index contributed by atoms with van der Waals surface area (Å²) >= 11 is 5.82. The first-order chi connectivity index (χ1) is 9.48. The Morgan fingerprint density at radius 2 is 2.30 bits per heavy atom. The molecule has 1 aromatic rings. The van der Waals surface area contributed by atoms with Crippen LogP contribution in [0.1, 0.15) is 5.56 Å². The lowest BCUT2D eigenvalue weighted by Crippen LogP contribution is -2.46. The van der Waals surface area contributed by atoms with Gasteiger partial charge in [-0.3, -0.25) is 0 Å². The summed E-state index contributed by atoms with van der Waals surface area (Å²) < 4.78 is 31.5. The molecule has 20 heavy (non-hydrogen) atoms. The number of nitriles is 1. The molecular weight excluding hydrogens is 304 g/mol. The van der Waals surface area contributed by atoms with Gasteiger partial charge < -0.3 is 9.84 Å². The second-order valence-electron chi connectivity index (χ2n) is 4.29. The molecule has 2 rings (SSSR count). The highest BCUT2D eigenvalue weighted by molar-refractivity contribution is 7.89. The molecule has 0 saturated carbocycles. The third-order valence-electron chi connectivity index (χ3n) is 2.99. The first-order valence-electron chi connectivity index (χ1n) is 5.91. The van der Waals surface area contributed by atoms with Crippen LogP contribution in [0.5, 0.6) is 0 Å². The van der Waals surface area contributed by atoms with Gasteiger partial charge in [-0.2, -0.15) is 9.57 Å². The quantitative estimate of drug-likeness (QED) is 0.881. The Bertz CT molecular complexity index is 641. The maximum atomic E-state index is 12.6. The lowest BCUT2D eigenvalue weighted by atomic mass is 10.2. The molecule has 1 fully saturated rings. The fourth-order valence-corrected chi connectivity index (χ4v) is 3.82. The van der Waals surface area contributed by atoms with E-state index >= 15 is 0 Å². The van der Waals surface area contributed by atoms with Crippen LogP contribution in [0.25, 0.3) is 0 Å². The van der Waals surface area contributed by atoms with Gasteiger partial charge in [-0.25, -0.2) is 8.42 Å². The molecule has 0 spiro atoms. The number of benzene rings is 1. The summed E-state index contributed by atoms with van der Waals surface area (Å²) in [5, 5.41) is 18.3. The van der Waals surface area contributed by atoms with E-state index in [1.54, 1.807) is 0 Å². The summed E-state index contributed by atoms with van der Waals surface area (Å²) in [5.41, 5.74) is 0.0430. The normalized spacial score (nSPS) is 20.6. The number of halogens is 1. The summed E-state index contributed by atoms with van der Waals surface area (Å²) in [6.07, 6.45) is -0.553. The van der Waals surface area contributed by atoms with Crippen LogP contribution < -0.4 is 0 Å². The van der Waals surface area contributed by atoms with Gasteiger partial charge in [0.25, 0.3) is 0 Å². The van der Waals surface area contributed by atoms with Gasteiger partial charge >= 0.3 is 0 Å². The van der Waals surface area contributed by atoms with Gasteiger partial charge in [0.1, 0.15) is 11.0 Å². The van der Waals surface area contributed by atoms with Crippen molar-refractivity contribution in [2.75, 3.05) is 26.3 Å². The number of sulfonamides is 1. The van der Waals surface area contributed by atoms with E-state index in [9.17, 15) is 8.42 Å². The number of hydrogen-bond acceptors (Lipinski definition) is 5. The van der Waals surface area contributed by atoms with Crippen molar-refractivity contribution < 1.29 is 18.3 Å². The lowest BCUT2D eigenvalue weighted by molar-refractivity contribution is -0.0304. The SMILES string of the molecule is N#Cc1ccc(Cl)cc1S(=O)(=O)N1CCOC(CO)C1. The highest BCUT2D eigenvalue weighted by Crippen LogP contribution is 2.25. The molecule has 1 N–H and O–H groups in total. The molecule has 0 amide bonds. The van der Waals surface area contributed by atoms with Crippen LogP contribution in [0.2, 0.25) is 5.02 Å². The molecule has 8 heteroatoms. The molecule has 0 radical (unpaired) electrons. The van der Waals surface area contributed by atoms with Crippen molar-refractivity contribution in [1.82, 2.24) is 4.31 Å². The van der Waals surface area contributed by atoms with Crippen molar-refractivity contribution in [3.63, 3.8) is 0 Å². The van der Waals surface area contributed by atoms with Gasteiger partial charge in [0.2, 0.25) is 10.0 Å². The number of hydrogen-bond donors (Lipinski definition) is 1. The lowest BCUT2D eigenvalue weighted by Gasteiger charge is -2.31. The molecule has 108 valence electrons. The fourth-order valence-electron chi connectivity index (χ4n) is 1.96. The van der Waals surface area contributed by atoms with E-state index in [1.807, 2.05) is 6.07 Å². The molecule has 0 aromatic heterocycles. The molecule has 1 aliphatic heterocycles. The molecule has 6 nitrogen and oxygen atoms in total. The van der Waals surface area contributed by atoms with E-state index in [0.717, 1.165) is 0 Å². The summed E-state index contributed by atoms with van der Waals surface area (Å²) in [6, 6.07) is 5.95. The third kappa shape index (κ3) is 2.95. The van der Waals surface area contributed by atoms with Crippen molar-refractivity contribution >= 4 is 21.6 Å². The van der Waals surface area contributed by atoms with Gasteiger partial charge in [-0.15, -0.1) is 0 Å². The van der Waals surface area contributed by atoms with Gasteiger partial charge in [-0.05, 0) is 18.2 Å². The molecule has 1 aromatic carbocycles. The van der Waals surface area contributed by atoms with Crippen LogP contribution in [0, 0.1) is 11.3 Å². The zero-order chi connectivity index (χ0) is 14.8. The van der Waals surface area contributed by atoms with E-state index in [4.69, 9.17) is 26.7 Å². The molecule has 1 atom stereocenters. The smallest absolute Gasteiger partial charge is 0.244 e. The number of ether oxygens (including phenoxy) is 1. The van der Waals surface area contributed by atoms with Gasteiger partial charge in [-0.1, -0.05) is 11.6 Å². The minimum absolute atomic E-state index is 0.0430. The molecule has 1 aliphatic rings. The Kier molecular flexibility index (Phi) is 4.62. The fraction of sp³-hybridized carbons (Fsp3) is 0.417. The molecule has 1 unspecified atom stereocenters. The van der Waals surface area contributed by atoms with Gasteiger partial charge in [0.15, 0.2) is 0 Å². The van der Waals surface area contributed by atoms with Crippen LogP contribution in [0.4, 0.5) is 0 Å². The van der Waals surface area contributed by atoms with Crippen molar-refractivity contribution in [1.29, 1.82) is 5.26 Å². The summed E-state index contributed by atoms with van der Waals surface area (Å²) in [5.74, 6) is 0. The number of rotatable bonds is 3. The minimum atomic E-state index is -3.84. The van der Waals surface area contributed by atoms with E-state index < -0.39 is 16.1 Å². The van der Waals surface area contributed by atoms with E-state index in [2.05, 4.69) is 0 Å². The van der Waals surface area contributed by atoms with Crippen molar-refractivity contribution in [2.24, 2.45) is 0 Å². The number of morpholine rings is 1. The molecule has 0 aliphatic carbocycles. The summed E-state index contributed by atoms with van der Waals surface area (Å²) in [6.45, 7) is 0.173. The molecule has 1 heterocycles. The predicted octanol–water partition coefficient (Wildman–Crippen LogP) is 0.593. The largest absolute Gasteiger partial charge is 0.394 e. The van der Waals surface area contributed by atoms with E-state index in [0.29, 0.717) is 0 Å². The van der Waals surface area contributed by atoms with Crippen molar-refractivity contribution in [3.8, 4) is 6.07 Å². The average Bonchev–Trinajstić information content (AvgIpc) is 2.47. The van der Waals surface area contributed by atoms with Gasteiger partial charge in [0.05, 0.1) is 24.9 Å². The standard InChI is InChI=1S/C12H13ClN2O4S/c13-10-2-1-9(6-14)12(5-10)20(17,18)15-3-4-19-11(7-15)8-16/h1-2,5,11,16H,3-4,7-8H2. The Balaban J connectivity index is 2.40. The maximum Gasteiger partial charge on any atom is 0.244 e. The highest BCUT2D eigenvalue weighted by atomic mass is 35.5. The van der Waals surface area contributed by atoms with Crippen LogP contribution in [0.3, 0.4) is 0 Å². The second-order valence-corrected chi connectivity index (χ2v) is 6.63. The average molecular weight is 317 g/mol. The number of aliphatic hydroxyl groups is 1. The number of aliphatic hydroxyl groups excluding tert-OH is 1. The Morgan fingerprint density at radius 3 is 2.95 bits per heavy atom. The molecule has 0 bridgehead atoms. The van der Waals surface area contributed by atoms with Crippen LogP contribution in [0.15, 0.2) is 23.1 Å². The minimum Gasteiger partial charge on any atom is -0.394 e. The first-order valence-corrected chi connectivity index (χ1v) is 7.73. The predicted molar refractivity (Wildman–Crippen MR) is 71.8 cm³/mol. The Hall–Kier alpha value is -1.17. The van der Waals surface area contributed by atoms with E-state index in [1.165, 1.54) is 22.5 Å². The van der Waals surface area contributed by atoms with E-state index in [-0.39, 0.29) is 41.8 Å². The molecular formula is C12H13ClN2O4S. The Labute approximate surface area is 122 Å². The van der Waals surface area contributed by atoms with Crippen LogP contribution in [-0.4, -0.2) is 50.2 Å². The third-order valence-corrected chi connectivity index (χ3v) is 5.13. The molecule has 1 saturated heterocycles. The summed E-state index contributed by atoms with van der Waals surface area (Å²) in [7, 11) is -3.84. The zero-order valence-corrected chi connectivity index (χ0v) is 12.1. The maximum absolute atomic E-state index is 12.6. The summed E-state index contributed by atoms with van der Waals surface area (Å²) in [4.78, 5) is -0.119. The van der Waals surface area contributed by atoms with Gasteiger partial charge in [0, 0.05) is 18.1 Å². The zero-order valence-electron chi connectivity index (χ0n) is 10.5. The Morgan fingerprint density at radius 1 is 1.55 bits per heavy atom.